The molecule has 0 radical (unpaired) electrons. The molecule has 3 aliphatic rings. The van der Waals surface area contributed by atoms with E-state index in [0.717, 1.165) is 0 Å². The Kier molecular flexibility index (Phi) is 1.54. The molecule has 0 unspecified atom stereocenters. The molecule has 0 bridgehead atoms. The number of fused-ring (bicyclic) bond motifs is 5. The predicted molar refractivity (Wildman–Crippen MR) is 105 cm³/mol. The number of amides is 2. The van der Waals surface area contributed by atoms with Crippen LogP contribution in [0.15, 0.2) is 42.4 Å². The lowest BCUT2D eigenvalue weighted by Gasteiger charge is -2.46. The number of nitrogens with one attached hydrogen (secondary N) is 1. The van der Waals surface area contributed by atoms with Crippen molar-refractivity contribution in [1.29, 1.82) is 0 Å². The second-order valence-corrected chi connectivity index (χ2v) is 6.33. The summed E-state index contributed by atoms with van der Waals surface area (Å²) in [4.78, 5) is 30.1. The number of carbonyl (C=O) groups is 2. The molecule has 0 saturated carbocycles. The summed E-state index contributed by atoms with van der Waals surface area (Å²) in [7, 11) is 0. The molecule has 0 spiro atoms. The smallest absolute Gasteiger partial charge is 0.245 e. The molecule has 3 aliphatic heterocycles. The molecular formula is C22H19N3O4. The van der Waals surface area contributed by atoms with Crippen LogP contribution in [0.2, 0.25) is 0 Å². The number of piperazine rings is 1. The van der Waals surface area contributed by atoms with Crippen molar-refractivity contribution in [1.82, 2.24) is 14.8 Å². The fourth-order valence-electron chi connectivity index (χ4n) is 3.48. The van der Waals surface area contributed by atoms with Crippen molar-refractivity contribution >= 4 is 22.7 Å². The first kappa shape index (κ1) is 7.74. The Bertz CT molecular complexity index is 1790. The number of hydrogen-bond acceptors (Lipinski definition) is 4. The average Bonchev–Trinajstić information content (AvgIpc) is 3.43. The van der Waals surface area contributed by atoms with Gasteiger partial charge in [0.1, 0.15) is 8.76 Å². The highest BCUT2D eigenvalue weighted by Gasteiger charge is 2.47. The molecular weight excluding hydrogens is 370 g/mol. The van der Waals surface area contributed by atoms with Gasteiger partial charge in [-0.3, -0.25) is 9.59 Å². The van der Waals surface area contributed by atoms with Crippen molar-refractivity contribution in [3.63, 3.8) is 0 Å². The van der Waals surface area contributed by atoms with Crippen LogP contribution in [0.4, 0.5) is 0 Å². The van der Waals surface area contributed by atoms with Gasteiger partial charge in [0, 0.05) is 36.8 Å². The summed E-state index contributed by atoms with van der Waals surface area (Å²) in [6.07, 6.45) is -3.35. The highest BCUT2D eigenvalue weighted by atomic mass is 16.7. The zero-order valence-electron chi connectivity index (χ0n) is 28.3. The van der Waals surface area contributed by atoms with Gasteiger partial charge in [-0.05, 0) is 29.3 Å². The summed E-state index contributed by atoms with van der Waals surface area (Å²) in [5.41, 5.74) is -2.09. The highest BCUT2D eigenvalue weighted by molar-refractivity contribution is 5.97. The maximum atomic E-state index is 14.0. The van der Waals surface area contributed by atoms with Gasteiger partial charge in [0.2, 0.25) is 18.6 Å². The number of hydrogen-bond donors (Lipinski definition) is 1. The van der Waals surface area contributed by atoms with Crippen molar-refractivity contribution < 1.29 is 38.3 Å². The van der Waals surface area contributed by atoms with Crippen LogP contribution in [0.3, 0.4) is 0 Å². The Labute approximate surface area is 186 Å². The van der Waals surface area contributed by atoms with E-state index in [1.807, 2.05) is 0 Å². The lowest BCUT2D eigenvalue weighted by Crippen LogP contribution is -2.62. The van der Waals surface area contributed by atoms with E-state index in [1.165, 1.54) is 24.3 Å². The molecule has 7 nitrogen and oxygen atoms in total. The quantitative estimate of drug-likeness (QED) is 0.676. The second-order valence-electron chi connectivity index (χ2n) is 6.33. The molecule has 1 saturated heterocycles. The van der Waals surface area contributed by atoms with Crippen LogP contribution in [-0.2, 0) is 16.0 Å². The first-order valence-electron chi connectivity index (χ1n) is 15.4. The Morgan fingerprint density at radius 1 is 1.28 bits per heavy atom. The van der Waals surface area contributed by atoms with Crippen LogP contribution in [0.5, 0.6) is 11.5 Å². The van der Waals surface area contributed by atoms with Gasteiger partial charge in [-0.1, -0.05) is 24.2 Å². The van der Waals surface area contributed by atoms with E-state index in [1.54, 1.807) is 0 Å². The minimum atomic E-state index is -3.79. The van der Waals surface area contributed by atoms with Crippen molar-refractivity contribution in [2.24, 2.45) is 0 Å². The number of likely N-dealkylation sites (N-methyl/N-ethyl adjacent to an activating group) is 1. The normalized spacial score (nSPS) is 40.6. The largest absolute Gasteiger partial charge is 0.454 e. The molecule has 29 heavy (non-hydrogen) atoms. The topological polar surface area (TPSA) is 74.9 Å². The van der Waals surface area contributed by atoms with Gasteiger partial charge in [0.05, 0.1) is 22.1 Å². The van der Waals surface area contributed by atoms with Gasteiger partial charge in [-0.15, -0.1) is 0 Å². The van der Waals surface area contributed by atoms with Gasteiger partial charge in [-0.25, -0.2) is 0 Å². The summed E-state index contributed by atoms with van der Waals surface area (Å²) >= 11 is 0. The molecule has 0 aliphatic carbocycles. The second kappa shape index (κ2) is 5.76. The standard InChI is InChI=1S/C22H19N3O4/c1-24-10-19(26)25-16(22(24)27)9-14-13-4-2-3-5-15(13)23-20(14)21(25)12-6-7-17-18(8-12)29-11-28-17/h2-8,16,21,23H,9-11H2,1H3/t16-,21-/m1/s1/i1D3,6D,7D,8D,9D2,10D2,11D2,16D,21D. The zero-order chi connectivity index (χ0) is 32.0. The Morgan fingerprint density at radius 2 is 2.14 bits per heavy atom. The van der Waals surface area contributed by atoms with Gasteiger partial charge in [0.25, 0.3) is 0 Å². The van der Waals surface area contributed by atoms with E-state index >= 15 is 0 Å². The Hall–Kier alpha value is -3.48. The van der Waals surface area contributed by atoms with E-state index < -0.39 is 102 Å². The molecule has 2 atom stereocenters. The van der Waals surface area contributed by atoms with Gasteiger partial charge >= 0.3 is 0 Å². The van der Waals surface area contributed by atoms with E-state index in [4.69, 9.17) is 25.9 Å². The first-order chi connectivity index (χ1) is 19.6. The lowest BCUT2D eigenvalue weighted by atomic mass is 9.86. The van der Waals surface area contributed by atoms with Crippen LogP contribution in [-0.4, -0.2) is 52.8 Å². The summed E-state index contributed by atoms with van der Waals surface area (Å²) in [6.45, 7) is -10.4. The number of rotatable bonds is 1. The van der Waals surface area contributed by atoms with Gasteiger partial charge < -0.3 is 24.3 Å². The molecule has 6 rings (SSSR count). The minimum absolute atomic E-state index is 0.0131. The maximum Gasteiger partial charge on any atom is 0.245 e. The maximum absolute atomic E-state index is 14.0. The van der Waals surface area contributed by atoms with Gasteiger partial charge in [-0.2, -0.15) is 0 Å². The molecule has 2 amide bonds. The number of para-hydroxylation sites is 1. The third-order valence-corrected chi connectivity index (χ3v) is 4.72. The van der Waals surface area contributed by atoms with Crippen LogP contribution in [0, 0.1) is 0 Å². The average molecular weight is 403 g/mol. The van der Waals surface area contributed by atoms with E-state index in [-0.39, 0.29) is 15.8 Å². The van der Waals surface area contributed by atoms with E-state index in [9.17, 15) is 12.3 Å². The number of nitrogens with zero attached hydrogens (tertiary/aromatic N) is 2. The molecule has 1 N–H and O–H groups in total. The van der Waals surface area contributed by atoms with Crippen LogP contribution < -0.4 is 9.47 Å². The minimum Gasteiger partial charge on any atom is -0.454 e. The molecule has 2 aromatic carbocycles. The van der Waals surface area contributed by atoms with Crippen molar-refractivity contribution in [3.05, 3.63) is 59.2 Å². The van der Waals surface area contributed by atoms with E-state index in [0.29, 0.717) is 0 Å². The van der Waals surface area contributed by atoms with Crippen LogP contribution >= 0.6 is 0 Å². The molecule has 1 fully saturated rings. The third-order valence-electron chi connectivity index (χ3n) is 4.72. The summed E-state index contributed by atoms with van der Waals surface area (Å²) < 4.78 is 129. The van der Waals surface area contributed by atoms with Crippen LogP contribution in [0.25, 0.3) is 10.9 Å². The Morgan fingerprint density at radius 3 is 3.03 bits per heavy atom. The van der Waals surface area contributed by atoms with Crippen molar-refractivity contribution in [2.75, 3.05) is 20.2 Å². The van der Waals surface area contributed by atoms with Gasteiger partial charge in [0.15, 0.2) is 11.5 Å². The molecule has 146 valence electrons. The van der Waals surface area contributed by atoms with Crippen LogP contribution in [0.1, 0.15) is 42.0 Å². The molecule has 1 aromatic heterocycles. The highest BCUT2D eigenvalue weighted by Crippen LogP contribution is 2.44. The predicted octanol–water partition coefficient (Wildman–Crippen LogP) is 2.21. The number of H-pyrrole nitrogens is 1. The number of ether oxygens (including phenoxy) is 2. The summed E-state index contributed by atoms with van der Waals surface area (Å²) in [5, 5.41) is -0.0131. The number of aromatic nitrogens is 1. The molecule has 3 aromatic rings. The monoisotopic (exact) mass is 403 g/mol. The summed E-state index contributed by atoms with van der Waals surface area (Å²) in [6, 6.07) is -4.24. The SMILES string of the molecule is [2H]c1c([2H])c([C@]2([2H])c3[nH]c4ccccc4c3C([2H])([2H])[C@]3([2H])C(=O)N(C([2H])([2H])[2H])C([2H])([2H])C(=O)N23)c([2H])c2c1OC([2H])([2H])O2. The summed E-state index contributed by atoms with van der Waals surface area (Å²) in [5.74, 6) is -5.55. The van der Waals surface area contributed by atoms with E-state index in [2.05, 4.69) is 4.98 Å². The molecule has 7 heteroatoms. The number of aromatic amines is 1. The lowest BCUT2D eigenvalue weighted by molar-refractivity contribution is -0.157. The number of carbonyl (C=O) groups excluding carboxylic acids is 2. The van der Waals surface area contributed by atoms with Crippen molar-refractivity contribution in [3.8, 4) is 11.5 Å². The first-order valence-corrected chi connectivity index (χ1v) is 8.39. The van der Waals surface area contributed by atoms with Crippen molar-refractivity contribution in [2.45, 2.75) is 18.4 Å². The fourth-order valence-corrected chi connectivity index (χ4v) is 3.48. The zero-order valence-corrected chi connectivity index (χ0v) is 14.3. The number of benzene rings is 2. The Balaban J connectivity index is 1.81. The molecule has 4 heterocycles. The fraction of sp³-hybridized carbons (Fsp3) is 0.273. The third kappa shape index (κ3) is 2.24.